The van der Waals surface area contributed by atoms with Gasteiger partial charge in [0.2, 0.25) is 0 Å². The van der Waals surface area contributed by atoms with Crippen LogP contribution in [0.1, 0.15) is 17.1 Å². The Kier molecular flexibility index (Phi) is 3.81. The number of nitrogen functional groups attached to an aromatic ring is 1. The van der Waals surface area contributed by atoms with E-state index in [0.29, 0.717) is 18.1 Å². The van der Waals surface area contributed by atoms with E-state index in [1.54, 1.807) is 0 Å². The summed E-state index contributed by atoms with van der Waals surface area (Å²) in [4.78, 5) is 8.53. The highest BCUT2D eigenvalue weighted by atomic mass is 79.9. The van der Waals surface area contributed by atoms with Crippen molar-refractivity contribution in [2.24, 2.45) is 0 Å². The topological polar surface area (TPSA) is 63.8 Å². The quantitative estimate of drug-likeness (QED) is 0.915. The molecule has 0 unspecified atom stereocenters. The number of hydrogen-bond donors (Lipinski definition) is 2. The Bertz CT molecular complexity index is 569. The van der Waals surface area contributed by atoms with Crippen LogP contribution in [0.15, 0.2) is 28.7 Å². The average Bonchev–Trinajstić information content (AvgIpc) is 2.32. The number of nitrogens with zero attached hydrogens (tertiary/aromatic N) is 2. The molecule has 0 aliphatic heterocycles. The molecule has 0 saturated carbocycles. The molecule has 0 amide bonds. The Morgan fingerprint density at radius 1 is 1.28 bits per heavy atom. The van der Waals surface area contributed by atoms with E-state index >= 15 is 0 Å². The Hall–Kier alpha value is -1.62. The van der Waals surface area contributed by atoms with Crippen LogP contribution in [0.4, 0.5) is 11.5 Å². The zero-order valence-electron chi connectivity index (χ0n) is 10.4. The van der Waals surface area contributed by atoms with E-state index in [1.807, 2.05) is 26.0 Å². The maximum absolute atomic E-state index is 5.95. The van der Waals surface area contributed by atoms with Crippen molar-refractivity contribution >= 4 is 27.4 Å². The molecule has 4 nitrogen and oxygen atoms in total. The molecule has 0 saturated heterocycles. The molecule has 3 N–H and O–H groups in total. The number of aryl methyl sites for hydroxylation is 2. The predicted molar refractivity (Wildman–Crippen MR) is 77.4 cm³/mol. The van der Waals surface area contributed by atoms with E-state index in [-0.39, 0.29) is 0 Å². The third-order valence-electron chi connectivity index (χ3n) is 2.60. The number of aromatic nitrogens is 2. The molecule has 0 bridgehead atoms. The van der Waals surface area contributed by atoms with Gasteiger partial charge in [0.1, 0.15) is 5.82 Å². The van der Waals surface area contributed by atoms with E-state index < -0.39 is 0 Å². The lowest BCUT2D eigenvalue weighted by Crippen LogP contribution is -2.08. The van der Waals surface area contributed by atoms with Gasteiger partial charge in [0.05, 0.1) is 11.4 Å². The molecule has 0 aliphatic carbocycles. The van der Waals surface area contributed by atoms with Crippen LogP contribution in [0, 0.1) is 13.8 Å². The average molecular weight is 307 g/mol. The van der Waals surface area contributed by atoms with Gasteiger partial charge >= 0.3 is 0 Å². The van der Waals surface area contributed by atoms with Crippen molar-refractivity contribution in [3.8, 4) is 0 Å². The summed E-state index contributed by atoms with van der Waals surface area (Å²) in [5, 5.41) is 3.24. The van der Waals surface area contributed by atoms with Gasteiger partial charge in [0, 0.05) is 11.0 Å². The number of hydrogen-bond acceptors (Lipinski definition) is 4. The first-order valence-corrected chi connectivity index (χ1v) is 6.44. The normalized spacial score (nSPS) is 10.4. The van der Waals surface area contributed by atoms with Crippen molar-refractivity contribution in [1.82, 2.24) is 9.97 Å². The summed E-state index contributed by atoms with van der Waals surface area (Å²) in [5.41, 5.74) is 8.53. The van der Waals surface area contributed by atoms with Crippen LogP contribution in [0.5, 0.6) is 0 Å². The van der Waals surface area contributed by atoms with Crippen LogP contribution in [0.2, 0.25) is 0 Å². The fraction of sp³-hybridized carbons (Fsp3) is 0.231. The molecular weight excluding hydrogens is 292 g/mol. The number of halogens is 1. The van der Waals surface area contributed by atoms with Crippen LogP contribution in [0.25, 0.3) is 0 Å². The van der Waals surface area contributed by atoms with E-state index in [0.717, 1.165) is 21.6 Å². The molecule has 0 atom stereocenters. The molecule has 2 aromatic rings. The molecule has 0 aliphatic rings. The number of nitrogens with two attached hydrogens (primary N) is 1. The Morgan fingerprint density at radius 3 is 2.78 bits per heavy atom. The fourth-order valence-corrected chi connectivity index (χ4v) is 2.14. The number of anilines is 2. The monoisotopic (exact) mass is 306 g/mol. The van der Waals surface area contributed by atoms with E-state index in [1.165, 1.54) is 0 Å². The van der Waals surface area contributed by atoms with E-state index in [2.05, 4.69) is 43.3 Å². The second-order valence-electron chi connectivity index (χ2n) is 4.10. The fourth-order valence-electron chi connectivity index (χ4n) is 1.69. The zero-order valence-corrected chi connectivity index (χ0v) is 12.0. The highest BCUT2D eigenvalue weighted by Gasteiger charge is 2.06. The molecule has 1 aromatic carbocycles. The second-order valence-corrected chi connectivity index (χ2v) is 5.02. The third kappa shape index (κ3) is 2.98. The molecule has 1 heterocycles. The molecular formula is C13H15BrN4. The number of benzene rings is 1. The van der Waals surface area contributed by atoms with Crippen molar-refractivity contribution in [3.63, 3.8) is 0 Å². The molecule has 1 aromatic heterocycles. The molecule has 18 heavy (non-hydrogen) atoms. The van der Waals surface area contributed by atoms with Crippen LogP contribution in [-0.2, 0) is 6.54 Å². The minimum Gasteiger partial charge on any atom is -0.394 e. The Balaban J connectivity index is 2.15. The Labute approximate surface area is 115 Å². The summed E-state index contributed by atoms with van der Waals surface area (Å²) in [6.45, 7) is 4.42. The number of nitrogens with one attached hydrogen (secondary N) is 1. The summed E-state index contributed by atoms with van der Waals surface area (Å²) in [5.74, 6) is 1.42. The molecule has 94 valence electrons. The zero-order chi connectivity index (χ0) is 13.1. The van der Waals surface area contributed by atoms with Crippen molar-refractivity contribution in [2.45, 2.75) is 20.4 Å². The first-order valence-electron chi connectivity index (χ1n) is 5.65. The van der Waals surface area contributed by atoms with Crippen molar-refractivity contribution in [2.75, 3.05) is 11.1 Å². The second kappa shape index (κ2) is 5.35. The van der Waals surface area contributed by atoms with Gasteiger partial charge in [0.25, 0.3) is 0 Å². The molecule has 2 rings (SSSR count). The summed E-state index contributed by atoms with van der Waals surface area (Å²) in [7, 11) is 0. The van der Waals surface area contributed by atoms with Crippen LogP contribution in [0.3, 0.4) is 0 Å². The van der Waals surface area contributed by atoms with Crippen LogP contribution < -0.4 is 11.1 Å². The predicted octanol–water partition coefficient (Wildman–Crippen LogP) is 3.05. The minimum atomic E-state index is 0.607. The van der Waals surface area contributed by atoms with Gasteiger partial charge in [-0.3, -0.25) is 0 Å². The summed E-state index contributed by atoms with van der Waals surface area (Å²) < 4.78 is 1.06. The summed E-state index contributed by atoms with van der Waals surface area (Å²) in [6, 6.07) is 8.11. The SMILES string of the molecule is Cc1nc(C)c(N)c(NCc2cccc(Br)c2)n1. The standard InChI is InChI=1S/C13H15BrN4/c1-8-12(15)13(18-9(2)17-8)16-7-10-4-3-5-11(14)6-10/h3-6H,7,15H2,1-2H3,(H,16,17,18). The maximum atomic E-state index is 5.95. The van der Waals surface area contributed by atoms with Crippen molar-refractivity contribution < 1.29 is 0 Å². The minimum absolute atomic E-state index is 0.607. The smallest absolute Gasteiger partial charge is 0.153 e. The summed E-state index contributed by atoms with van der Waals surface area (Å²) >= 11 is 3.45. The first-order chi connectivity index (χ1) is 8.56. The largest absolute Gasteiger partial charge is 0.394 e. The van der Waals surface area contributed by atoms with Crippen LogP contribution >= 0.6 is 15.9 Å². The van der Waals surface area contributed by atoms with Crippen molar-refractivity contribution in [1.29, 1.82) is 0 Å². The summed E-state index contributed by atoms with van der Waals surface area (Å²) in [6.07, 6.45) is 0. The lowest BCUT2D eigenvalue weighted by atomic mass is 10.2. The van der Waals surface area contributed by atoms with Gasteiger partial charge in [-0.25, -0.2) is 9.97 Å². The van der Waals surface area contributed by atoms with E-state index in [4.69, 9.17) is 5.73 Å². The highest BCUT2D eigenvalue weighted by Crippen LogP contribution is 2.19. The number of rotatable bonds is 3. The lowest BCUT2D eigenvalue weighted by molar-refractivity contribution is 0.997. The van der Waals surface area contributed by atoms with Gasteiger partial charge < -0.3 is 11.1 Å². The Morgan fingerprint density at radius 2 is 2.06 bits per heavy atom. The third-order valence-corrected chi connectivity index (χ3v) is 3.09. The van der Waals surface area contributed by atoms with Gasteiger partial charge in [-0.1, -0.05) is 28.1 Å². The molecule has 0 radical (unpaired) electrons. The highest BCUT2D eigenvalue weighted by molar-refractivity contribution is 9.10. The maximum Gasteiger partial charge on any atom is 0.153 e. The van der Waals surface area contributed by atoms with Gasteiger partial charge in [-0.15, -0.1) is 0 Å². The molecule has 0 fully saturated rings. The van der Waals surface area contributed by atoms with Crippen molar-refractivity contribution in [3.05, 3.63) is 45.8 Å². The molecule has 5 heteroatoms. The first kappa shape index (κ1) is 12.8. The molecule has 0 spiro atoms. The van der Waals surface area contributed by atoms with Gasteiger partial charge in [0.15, 0.2) is 5.82 Å². The van der Waals surface area contributed by atoms with Gasteiger partial charge in [-0.05, 0) is 31.5 Å². The van der Waals surface area contributed by atoms with Gasteiger partial charge in [-0.2, -0.15) is 0 Å². The van der Waals surface area contributed by atoms with Crippen LogP contribution in [-0.4, -0.2) is 9.97 Å². The van der Waals surface area contributed by atoms with E-state index in [9.17, 15) is 0 Å². The lowest BCUT2D eigenvalue weighted by Gasteiger charge is -2.11.